The summed E-state index contributed by atoms with van der Waals surface area (Å²) in [5.41, 5.74) is 7.35. The lowest BCUT2D eigenvalue weighted by molar-refractivity contribution is 0.0376. The molecule has 0 aliphatic carbocycles. The molecule has 25 heavy (non-hydrogen) atoms. The van der Waals surface area contributed by atoms with Crippen molar-refractivity contribution in [2.24, 2.45) is 10.7 Å². The monoisotopic (exact) mass is 347 g/mol. The highest BCUT2D eigenvalue weighted by Gasteiger charge is 2.12. The van der Waals surface area contributed by atoms with Gasteiger partial charge in [0.25, 0.3) is 0 Å². The van der Waals surface area contributed by atoms with Gasteiger partial charge in [-0.1, -0.05) is 30.3 Å². The fraction of sp³-hybridized carbons (Fsp3) is 0.632. The third-order valence-corrected chi connectivity index (χ3v) is 4.58. The molecule has 0 amide bonds. The van der Waals surface area contributed by atoms with Crippen LogP contribution < -0.4 is 11.1 Å². The molecule has 1 fully saturated rings. The fourth-order valence-electron chi connectivity index (χ4n) is 2.90. The van der Waals surface area contributed by atoms with Crippen molar-refractivity contribution in [1.29, 1.82) is 0 Å². The van der Waals surface area contributed by atoms with Crippen LogP contribution in [0.2, 0.25) is 0 Å². The molecule has 1 aliphatic rings. The first kappa shape index (κ1) is 19.7. The Hall–Kier alpha value is -1.63. The average Bonchev–Trinajstić information content (AvgIpc) is 2.63. The number of morpholine rings is 1. The minimum atomic E-state index is 0.344. The summed E-state index contributed by atoms with van der Waals surface area (Å²) < 4.78 is 5.36. The van der Waals surface area contributed by atoms with Crippen molar-refractivity contribution >= 4 is 5.96 Å². The van der Waals surface area contributed by atoms with Gasteiger partial charge in [-0.3, -0.25) is 9.89 Å². The molecule has 1 saturated heterocycles. The predicted octanol–water partition coefficient (Wildman–Crippen LogP) is 0.786. The van der Waals surface area contributed by atoms with Gasteiger partial charge in [0.15, 0.2) is 5.96 Å². The summed E-state index contributed by atoms with van der Waals surface area (Å²) in [6.07, 6.45) is 2.04. The number of benzene rings is 1. The van der Waals surface area contributed by atoms with E-state index in [2.05, 4.69) is 58.5 Å². The van der Waals surface area contributed by atoms with Crippen LogP contribution in [-0.4, -0.2) is 81.8 Å². The first-order valence-electron chi connectivity index (χ1n) is 9.19. The van der Waals surface area contributed by atoms with Crippen molar-refractivity contribution in [3.63, 3.8) is 0 Å². The van der Waals surface area contributed by atoms with Crippen molar-refractivity contribution in [2.75, 3.05) is 60.0 Å². The maximum atomic E-state index is 6.02. The molecular weight excluding hydrogens is 314 g/mol. The lowest BCUT2D eigenvalue weighted by atomic mass is 10.1. The van der Waals surface area contributed by atoms with Gasteiger partial charge in [-0.2, -0.15) is 0 Å². The first-order valence-corrected chi connectivity index (χ1v) is 9.19. The summed E-state index contributed by atoms with van der Waals surface area (Å²) in [6.45, 7) is 6.41. The van der Waals surface area contributed by atoms with E-state index in [0.717, 1.165) is 52.2 Å². The van der Waals surface area contributed by atoms with Crippen molar-refractivity contribution in [3.05, 3.63) is 35.9 Å². The van der Waals surface area contributed by atoms with Crippen molar-refractivity contribution in [1.82, 2.24) is 15.1 Å². The minimum Gasteiger partial charge on any atom is -0.379 e. The zero-order valence-corrected chi connectivity index (χ0v) is 15.7. The first-order chi connectivity index (χ1) is 12.1. The Kier molecular flexibility index (Phi) is 8.72. The van der Waals surface area contributed by atoms with E-state index in [1.54, 1.807) is 0 Å². The second-order valence-electron chi connectivity index (χ2n) is 6.77. The third kappa shape index (κ3) is 7.86. The largest absolute Gasteiger partial charge is 0.379 e. The van der Waals surface area contributed by atoms with E-state index >= 15 is 0 Å². The number of likely N-dealkylation sites (N-methyl/N-ethyl adjacent to an activating group) is 1. The summed E-state index contributed by atoms with van der Waals surface area (Å²) in [6, 6.07) is 10.9. The summed E-state index contributed by atoms with van der Waals surface area (Å²) in [4.78, 5) is 9.18. The molecule has 1 aliphatic heterocycles. The molecule has 0 aromatic heterocycles. The molecule has 1 atom stereocenters. The van der Waals surface area contributed by atoms with Crippen molar-refractivity contribution in [3.8, 4) is 0 Å². The summed E-state index contributed by atoms with van der Waals surface area (Å²) in [5, 5.41) is 3.23. The van der Waals surface area contributed by atoms with Crippen LogP contribution in [0.4, 0.5) is 0 Å². The van der Waals surface area contributed by atoms with Gasteiger partial charge in [-0.15, -0.1) is 0 Å². The van der Waals surface area contributed by atoms with Gasteiger partial charge in [0, 0.05) is 25.7 Å². The zero-order valence-electron chi connectivity index (χ0n) is 15.7. The normalized spacial score (nSPS) is 17.6. The van der Waals surface area contributed by atoms with Gasteiger partial charge < -0.3 is 20.7 Å². The zero-order chi connectivity index (χ0) is 17.9. The lowest BCUT2D eigenvalue weighted by Crippen LogP contribution is -2.39. The maximum Gasteiger partial charge on any atom is 0.188 e. The molecule has 0 radical (unpaired) electrons. The van der Waals surface area contributed by atoms with Crippen molar-refractivity contribution in [2.45, 2.75) is 18.9 Å². The van der Waals surface area contributed by atoms with E-state index in [1.165, 1.54) is 5.56 Å². The lowest BCUT2D eigenvalue weighted by Gasteiger charge is -2.26. The number of guanidine groups is 1. The minimum absolute atomic E-state index is 0.344. The van der Waals surface area contributed by atoms with Crippen LogP contribution in [0.5, 0.6) is 0 Å². The Morgan fingerprint density at radius 1 is 1.28 bits per heavy atom. The van der Waals surface area contributed by atoms with Gasteiger partial charge >= 0.3 is 0 Å². The Morgan fingerprint density at radius 3 is 2.68 bits per heavy atom. The van der Waals surface area contributed by atoms with Crippen molar-refractivity contribution < 1.29 is 4.74 Å². The number of hydrogen-bond donors (Lipinski definition) is 2. The molecule has 1 heterocycles. The fourth-order valence-corrected chi connectivity index (χ4v) is 2.90. The van der Waals surface area contributed by atoms with Crippen LogP contribution in [0.15, 0.2) is 35.3 Å². The molecular formula is C19H33N5O. The molecule has 1 unspecified atom stereocenters. The van der Waals surface area contributed by atoms with Crippen LogP contribution in [0, 0.1) is 0 Å². The highest BCUT2D eigenvalue weighted by Crippen LogP contribution is 2.07. The summed E-state index contributed by atoms with van der Waals surface area (Å²) in [7, 11) is 4.18. The number of hydrogen-bond acceptors (Lipinski definition) is 4. The molecule has 0 spiro atoms. The van der Waals surface area contributed by atoms with Crippen LogP contribution in [0.1, 0.15) is 12.0 Å². The van der Waals surface area contributed by atoms with E-state index in [-0.39, 0.29) is 0 Å². The number of ether oxygens (including phenoxy) is 1. The van der Waals surface area contributed by atoms with E-state index in [4.69, 9.17) is 10.5 Å². The van der Waals surface area contributed by atoms with Crippen LogP contribution in [0.3, 0.4) is 0 Å². The van der Waals surface area contributed by atoms with Crippen LogP contribution >= 0.6 is 0 Å². The van der Waals surface area contributed by atoms with Gasteiger partial charge in [0.2, 0.25) is 0 Å². The smallest absolute Gasteiger partial charge is 0.188 e. The number of nitrogens with two attached hydrogens (primary N) is 1. The van der Waals surface area contributed by atoms with Gasteiger partial charge in [-0.05, 0) is 39.0 Å². The van der Waals surface area contributed by atoms with Gasteiger partial charge in [0.05, 0.1) is 19.8 Å². The molecule has 1 aromatic rings. The maximum absolute atomic E-state index is 6.02. The van der Waals surface area contributed by atoms with E-state index in [9.17, 15) is 0 Å². The molecule has 1 aromatic carbocycles. The van der Waals surface area contributed by atoms with Crippen LogP contribution in [-0.2, 0) is 11.2 Å². The van der Waals surface area contributed by atoms with Gasteiger partial charge in [0.1, 0.15) is 0 Å². The number of nitrogens with zero attached hydrogens (tertiary/aromatic N) is 3. The third-order valence-electron chi connectivity index (χ3n) is 4.58. The molecule has 0 saturated carbocycles. The van der Waals surface area contributed by atoms with Crippen LogP contribution in [0.25, 0.3) is 0 Å². The summed E-state index contributed by atoms with van der Waals surface area (Å²) >= 11 is 0. The Bertz CT molecular complexity index is 500. The quantitative estimate of drug-likeness (QED) is 0.393. The molecule has 6 heteroatoms. The number of aliphatic imine (C=N–C) groups is 1. The molecule has 0 bridgehead atoms. The van der Waals surface area contributed by atoms with E-state index in [0.29, 0.717) is 18.5 Å². The standard InChI is InChI=1S/C19H33N5O/c1-23(2)18(15-17-7-4-3-5-8-17)16-22-19(20)21-9-6-10-24-11-13-25-14-12-24/h3-5,7-8,18H,6,9-16H2,1-2H3,(H3,20,21,22). The topological polar surface area (TPSA) is 66.1 Å². The number of nitrogens with one attached hydrogen (secondary N) is 1. The number of rotatable bonds is 9. The highest BCUT2D eigenvalue weighted by atomic mass is 16.5. The molecule has 3 N–H and O–H groups in total. The Balaban J connectivity index is 1.68. The second kappa shape index (κ2) is 11.1. The summed E-state index contributed by atoms with van der Waals surface area (Å²) in [5.74, 6) is 0.543. The average molecular weight is 348 g/mol. The Morgan fingerprint density at radius 2 is 2.00 bits per heavy atom. The van der Waals surface area contributed by atoms with E-state index in [1.807, 2.05) is 6.07 Å². The molecule has 140 valence electrons. The van der Waals surface area contributed by atoms with Gasteiger partial charge in [-0.25, -0.2) is 0 Å². The van der Waals surface area contributed by atoms with E-state index < -0.39 is 0 Å². The highest BCUT2D eigenvalue weighted by molar-refractivity contribution is 5.77. The Labute approximate surface area is 152 Å². The predicted molar refractivity (Wildman–Crippen MR) is 104 cm³/mol. The SMILES string of the molecule is CN(C)C(CN=C(N)NCCCN1CCOCC1)Cc1ccccc1. The molecule has 2 rings (SSSR count). The second-order valence-corrected chi connectivity index (χ2v) is 6.77. The molecule has 6 nitrogen and oxygen atoms in total.